The lowest BCUT2D eigenvalue weighted by Gasteiger charge is -2.46. The number of thiol groups is 3. The van der Waals surface area contributed by atoms with Gasteiger partial charge in [-0.2, -0.15) is 37.9 Å². The summed E-state index contributed by atoms with van der Waals surface area (Å²) < 4.78 is 43.2. The molecule has 4 fully saturated rings. The second-order valence-corrected chi connectivity index (χ2v) is 13.6. The van der Waals surface area contributed by atoms with Crippen molar-refractivity contribution in [2.45, 2.75) is 143 Å². The van der Waals surface area contributed by atoms with Crippen LogP contribution in [0.4, 0.5) is 0 Å². The number of aliphatic hydroxyl groups excluding tert-OH is 11. The summed E-state index contributed by atoms with van der Waals surface area (Å²) in [5.74, 6) is 0.269. The molecule has 4 aliphatic rings. The highest BCUT2D eigenvalue weighted by Crippen LogP contribution is 2.31. The summed E-state index contributed by atoms with van der Waals surface area (Å²) in [7, 11) is 1.32. The van der Waals surface area contributed by atoms with Gasteiger partial charge in [0, 0.05) is 31.0 Å². The molecule has 22 heteroatoms. The van der Waals surface area contributed by atoms with Crippen LogP contribution in [0, 0.1) is 0 Å². The highest BCUT2D eigenvalue weighted by atomic mass is 32.1. The predicted octanol–water partition coefficient (Wildman–Crippen LogP) is -5.50. The molecule has 302 valence electrons. The molecule has 4 saturated heterocycles. The highest BCUT2D eigenvalue weighted by molar-refractivity contribution is 7.80. The molecule has 11 N–H and O–H groups in total. The summed E-state index contributed by atoms with van der Waals surface area (Å²) in [5.41, 5.74) is 0. The minimum absolute atomic E-state index is 0.0495. The summed E-state index contributed by atoms with van der Waals surface area (Å²) in [4.78, 5) is 0. The van der Waals surface area contributed by atoms with Crippen LogP contribution < -0.4 is 0 Å². The third kappa shape index (κ3) is 11.0. The first kappa shape index (κ1) is 45.7. The van der Waals surface area contributed by atoms with Gasteiger partial charge in [-0.15, -0.1) is 0 Å². The monoisotopic (exact) mass is 802 g/mol. The third-order valence-electron chi connectivity index (χ3n) is 8.93. The molecule has 19 nitrogen and oxygen atoms in total. The van der Waals surface area contributed by atoms with Crippen molar-refractivity contribution in [3.05, 3.63) is 0 Å². The first-order valence-electron chi connectivity index (χ1n) is 16.5. The van der Waals surface area contributed by atoms with Gasteiger partial charge in [0.05, 0.1) is 24.9 Å². The van der Waals surface area contributed by atoms with Crippen LogP contribution in [0.1, 0.15) is 19.8 Å². The van der Waals surface area contributed by atoms with Gasteiger partial charge in [0.2, 0.25) is 0 Å². The fourth-order valence-electron chi connectivity index (χ4n) is 5.79. The largest absolute Gasteiger partial charge is 0.394 e. The molecule has 0 radical (unpaired) electrons. The van der Waals surface area contributed by atoms with Gasteiger partial charge in [-0.05, 0) is 6.42 Å². The Morgan fingerprint density at radius 2 is 0.882 bits per heavy atom. The average molecular weight is 803 g/mol. The number of hydrogen-bond donors (Lipinski definition) is 14. The maximum atomic E-state index is 10.4. The Labute approximate surface area is 311 Å². The molecule has 51 heavy (non-hydrogen) atoms. The van der Waals surface area contributed by atoms with Gasteiger partial charge in [-0.1, -0.05) is 13.3 Å². The fraction of sp³-hybridized carbons (Fsp3) is 1.00. The molecule has 0 aromatic heterocycles. The van der Waals surface area contributed by atoms with Crippen molar-refractivity contribution in [1.82, 2.24) is 0 Å². The van der Waals surface area contributed by atoms with E-state index >= 15 is 0 Å². The summed E-state index contributed by atoms with van der Waals surface area (Å²) in [6, 6.07) is 0. The molecular weight excluding hydrogens is 749 g/mol. The van der Waals surface area contributed by atoms with E-state index in [1.165, 1.54) is 7.11 Å². The van der Waals surface area contributed by atoms with Gasteiger partial charge >= 0.3 is 0 Å². The van der Waals surface area contributed by atoms with Gasteiger partial charge in [0.15, 0.2) is 25.2 Å². The molecule has 0 amide bonds. The van der Waals surface area contributed by atoms with Crippen molar-refractivity contribution in [3.8, 4) is 0 Å². The predicted molar refractivity (Wildman–Crippen MR) is 181 cm³/mol. The van der Waals surface area contributed by atoms with E-state index in [-0.39, 0.29) is 17.3 Å². The zero-order valence-corrected chi connectivity index (χ0v) is 30.7. The summed E-state index contributed by atoms with van der Waals surface area (Å²) in [6.45, 7) is 1.73. The lowest BCUT2D eigenvalue weighted by atomic mass is 9.97. The van der Waals surface area contributed by atoms with Crippen molar-refractivity contribution >= 4 is 37.9 Å². The Bertz CT molecular complexity index is 989. The third-order valence-corrected chi connectivity index (χ3v) is 10.0. The molecule has 0 aromatic rings. The molecular formula is C29H54O19S3. The van der Waals surface area contributed by atoms with E-state index in [1.807, 2.05) is 6.92 Å². The van der Waals surface area contributed by atoms with Crippen LogP contribution in [0.25, 0.3) is 0 Å². The molecule has 0 spiro atoms. The van der Waals surface area contributed by atoms with Crippen molar-refractivity contribution in [2.24, 2.45) is 0 Å². The lowest BCUT2D eigenvalue weighted by molar-refractivity contribution is -0.356. The summed E-state index contributed by atoms with van der Waals surface area (Å²) in [6.07, 6.45) is -24.0. The van der Waals surface area contributed by atoms with Crippen LogP contribution >= 0.6 is 37.9 Å². The van der Waals surface area contributed by atoms with Crippen molar-refractivity contribution < 1.29 is 94.1 Å². The standard InChI is InChI=1S/C16H30O10S.C13H24O9S2/c1-2-3-4-23-15-13(22)11(20)14(7(5-17)24-15)26-16-12(21)10(19)9(18)8(6-27)25-16;1-19-12-10(18)8(16)11(5(3-24)21-12)22-13-9(17)7(15)6(14)4(2-23)20-13/h7-22,27H,2-6H2,1H3;4-18,23-24H,2-3H2,1H3. The average Bonchev–Trinajstić information content (AvgIpc) is 3.13. The summed E-state index contributed by atoms with van der Waals surface area (Å²) in [5, 5.41) is 110. The molecule has 4 heterocycles. The maximum absolute atomic E-state index is 10.4. The van der Waals surface area contributed by atoms with Gasteiger partial charge < -0.3 is 94.1 Å². The van der Waals surface area contributed by atoms with Crippen LogP contribution in [-0.2, 0) is 37.9 Å². The number of hydrogen-bond acceptors (Lipinski definition) is 22. The topological polar surface area (TPSA) is 296 Å². The maximum Gasteiger partial charge on any atom is 0.187 e. The minimum Gasteiger partial charge on any atom is -0.394 e. The van der Waals surface area contributed by atoms with E-state index in [9.17, 15) is 56.2 Å². The van der Waals surface area contributed by atoms with Crippen LogP contribution in [-0.4, -0.2) is 217 Å². The molecule has 20 atom stereocenters. The zero-order chi connectivity index (χ0) is 38.2. The lowest BCUT2D eigenvalue weighted by Crippen LogP contribution is -2.64. The van der Waals surface area contributed by atoms with Crippen molar-refractivity contribution in [3.63, 3.8) is 0 Å². The number of rotatable bonds is 13. The molecule has 0 aliphatic carbocycles. The summed E-state index contributed by atoms with van der Waals surface area (Å²) >= 11 is 12.2. The number of unbranched alkanes of at least 4 members (excludes halogenated alkanes) is 1. The Balaban J connectivity index is 0.000000277. The highest BCUT2D eigenvalue weighted by Gasteiger charge is 2.52. The van der Waals surface area contributed by atoms with Crippen molar-refractivity contribution in [1.29, 1.82) is 0 Å². The van der Waals surface area contributed by atoms with Gasteiger partial charge in [0.25, 0.3) is 0 Å². The SMILES string of the molecule is CCCCOC1OC(CO)C(OC2OC(CS)C(O)C(O)C2O)C(O)C1O.COC1OC(CS)C(OC2OC(CS)C(O)C(O)C2O)C(O)C1O. The van der Waals surface area contributed by atoms with Crippen LogP contribution in [0.3, 0.4) is 0 Å². The number of ether oxygens (including phenoxy) is 8. The van der Waals surface area contributed by atoms with Crippen LogP contribution in [0.5, 0.6) is 0 Å². The van der Waals surface area contributed by atoms with Crippen LogP contribution in [0.2, 0.25) is 0 Å². The zero-order valence-electron chi connectivity index (χ0n) is 28.0. The van der Waals surface area contributed by atoms with E-state index in [0.29, 0.717) is 6.61 Å². The molecule has 0 saturated carbocycles. The normalized spacial score (nSPS) is 47.8. The van der Waals surface area contributed by atoms with E-state index in [4.69, 9.17) is 37.9 Å². The van der Waals surface area contributed by atoms with E-state index in [2.05, 4.69) is 37.9 Å². The smallest absolute Gasteiger partial charge is 0.187 e. The first-order valence-corrected chi connectivity index (χ1v) is 18.4. The first-order chi connectivity index (χ1) is 24.2. The second kappa shape index (κ2) is 21.6. The van der Waals surface area contributed by atoms with E-state index in [0.717, 1.165) is 12.8 Å². The van der Waals surface area contributed by atoms with Gasteiger partial charge in [-0.3, -0.25) is 0 Å². The van der Waals surface area contributed by atoms with E-state index < -0.39 is 129 Å². The Kier molecular flexibility index (Phi) is 19.3. The van der Waals surface area contributed by atoms with Crippen molar-refractivity contribution in [2.75, 3.05) is 37.6 Å². The number of methoxy groups -OCH3 is 1. The molecule has 4 aliphatic heterocycles. The Morgan fingerprint density at radius 3 is 1.29 bits per heavy atom. The number of aliphatic hydroxyl groups is 11. The second-order valence-electron chi connectivity index (χ2n) is 12.5. The molecule has 0 bridgehead atoms. The fourth-order valence-corrected chi connectivity index (χ4v) is 6.69. The molecule has 4 rings (SSSR count). The Hall–Kier alpha value is 0.290. The van der Waals surface area contributed by atoms with Crippen LogP contribution in [0.15, 0.2) is 0 Å². The molecule has 20 unspecified atom stereocenters. The molecule has 0 aromatic carbocycles. The minimum atomic E-state index is -1.61. The van der Waals surface area contributed by atoms with Gasteiger partial charge in [-0.25, -0.2) is 0 Å². The van der Waals surface area contributed by atoms with E-state index in [1.54, 1.807) is 0 Å². The quantitative estimate of drug-likeness (QED) is 0.0611. The Morgan fingerprint density at radius 1 is 0.490 bits per heavy atom. The van der Waals surface area contributed by atoms with Gasteiger partial charge in [0.1, 0.15) is 79.4 Å².